The van der Waals surface area contributed by atoms with Gasteiger partial charge in [-0.05, 0) is 56.8 Å². The van der Waals surface area contributed by atoms with Gasteiger partial charge >= 0.3 is 6.03 Å². The smallest absolute Gasteiger partial charge is 0.317 e. The number of nitrogens with one attached hydrogen (secondary N) is 1. The van der Waals surface area contributed by atoms with Gasteiger partial charge in [0.05, 0.1) is 7.11 Å². The van der Waals surface area contributed by atoms with Crippen LogP contribution in [0.2, 0.25) is 0 Å². The van der Waals surface area contributed by atoms with Gasteiger partial charge < -0.3 is 15.0 Å². The predicted octanol–water partition coefficient (Wildman–Crippen LogP) is 2.82. The highest BCUT2D eigenvalue weighted by atomic mass is 16.5. The van der Waals surface area contributed by atoms with Gasteiger partial charge in [0.1, 0.15) is 5.75 Å². The maximum absolute atomic E-state index is 12.7. The molecule has 2 saturated heterocycles. The van der Waals surface area contributed by atoms with Crippen LogP contribution in [0.4, 0.5) is 4.79 Å². The maximum atomic E-state index is 12.7. The molecule has 0 bridgehead atoms. The Kier molecular flexibility index (Phi) is 4.84. The van der Waals surface area contributed by atoms with Crippen LogP contribution in [0.5, 0.6) is 5.75 Å². The molecule has 25 heavy (non-hydrogen) atoms. The number of carbonyl (C=O) groups is 1. The van der Waals surface area contributed by atoms with Crippen molar-refractivity contribution in [3.05, 3.63) is 29.8 Å². The summed E-state index contributed by atoms with van der Waals surface area (Å²) in [5.41, 5.74) is 1.21. The minimum atomic E-state index is 0.117. The molecule has 5 nitrogen and oxygen atoms in total. The zero-order valence-corrected chi connectivity index (χ0v) is 15.1. The van der Waals surface area contributed by atoms with Crippen molar-refractivity contribution in [3.63, 3.8) is 0 Å². The zero-order chi connectivity index (χ0) is 17.2. The summed E-state index contributed by atoms with van der Waals surface area (Å²) in [6.07, 6.45) is 5.98. The SMILES string of the molecule is COc1ccccc1[C@@H]1C[C@@H]1NC(=O)N1CCC[C@H](N2CCCC2)C1. The van der Waals surface area contributed by atoms with Gasteiger partial charge in [-0.3, -0.25) is 4.90 Å². The Morgan fingerprint density at radius 2 is 1.96 bits per heavy atom. The lowest BCUT2D eigenvalue weighted by Crippen LogP contribution is -2.52. The van der Waals surface area contributed by atoms with E-state index < -0.39 is 0 Å². The fourth-order valence-corrected chi connectivity index (χ4v) is 4.46. The average Bonchev–Trinajstić information content (AvgIpc) is 3.19. The molecule has 136 valence electrons. The first-order valence-electron chi connectivity index (χ1n) is 9.68. The monoisotopic (exact) mass is 343 g/mol. The summed E-state index contributed by atoms with van der Waals surface area (Å²) >= 11 is 0. The van der Waals surface area contributed by atoms with Crippen molar-refractivity contribution in [3.8, 4) is 5.75 Å². The molecule has 2 aliphatic heterocycles. The lowest BCUT2D eigenvalue weighted by molar-refractivity contribution is 0.125. The molecule has 0 aromatic heterocycles. The molecule has 3 fully saturated rings. The fourth-order valence-electron chi connectivity index (χ4n) is 4.46. The molecule has 0 unspecified atom stereocenters. The van der Waals surface area contributed by atoms with Gasteiger partial charge in [-0.2, -0.15) is 0 Å². The summed E-state index contributed by atoms with van der Waals surface area (Å²) in [7, 11) is 1.71. The Labute approximate surface area is 150 Å². The Balaban J connectivity index is 1.32. The number of ether oxygens (including phenoxy) is 1. The van der Waals surface area contributed by atoms with Crippen LogP contribution in [0, 0.1) is 0 Å². The molecular weight excluding hydrogens is 314 g/mol. The highest BCUT2D eigenvalue weighted by molar-refractivity contribution is 5.75. The molecular formula is C20H29N3O2. The number of piperidine rings is 1. The first-order valence-corrected chi connectivity index (χ1v) is 9.68. The summed E-state index contributed by atoms with van der Waals surface area (Å²) in [5.74, 6) is 1.32. The number of carbonyl (C=O) groups excluding carboxylic acids is 1. The van der Waals surface area contributed by atoms with E-state index in [2.05, 4.69) is 16.3 Å². The number of rotatable bonds is 4. The molecule has 1 aliphatic carbocycles. The number of urea groups is 1. The summed E-state index contributed by atoms with van der Waals surface area (Å²) in [5, 5.41) is 3.25. The summed E-state index contributed by atoms with van der Waals surface area (Å²) in [6, 6.07) is 9.07. The molecule has 4 rings (SSSR count). The third-order valence-electron chi connectivity index (χ3n) is 5.98. The first-order chi connectivity index (χ1) is 12.3. The van der Waals surface area contributed by atoms with E-state index in [-0.39, 0.29) is 12.1 Å². The molecule has 1 aromatic rings. The number of hydrogen-bond acceptors (Lipinski definition) is 3. The van der Waals surface area contributed by atoms with E-state index in [1.807, 2.05) is 23.1 Å². The molecule has 3 aliphatic rings. The normalized spacial score (nSPS) is 29.5. The molecule has 1 N–H and O–H groups in total. The van der Waals surface area contributed by atoms with Crippen LogP contribution >= 0.6 is 0 Å². The summed E-state index contributed by atoms with van der Waals surface area (Å²) in [4.78, 5) is 17.3. The van der Waals surface area contributed by atoms with Gasteiger partial charge in [0.15, 0.2) is 0 Å². The van der Waals surface area contributed by atoms with E-state index >= 15 is 0 Å². The van der Waals surface area contributed by atoms with Crippen LogP contribution in [0.15, 0.2) is 24.3 Å². The standard InChI is InChI=1S/C20H29N3O2/c1-25-19-9-3-2-8-16(19)17-13-18(17)21-20(24)23-12-6-7-15(14-23)22-10-4-5-11-22/h2-3,8-9,15,17-18H,4-7,10-14H2,1H3,(H,21,24)/t15-,17-,18-/m0/s1. The van der Waals surface area contributed by atoms with E-state index in [1.165, 1.54) is 37.9 Å². The zero-order valence-electron chi connectivity index (χ0n) is 15.1. The second kappa shape index (κ2) is 7.24. The number of amides is 2. The van der Waals surface area contributed by atoms with Gasteiger partial charge in [-0.1, -0.05) is 18.2 Å². The number of likely N-dealkylation sites (tertiary alicyclic amines) is 2. The van der Waals surface area contributed by atoms with Gasteiger partial charge in [0.2, 0.25) is 0 Å². The lowest BCUT2D eigenvalue weighted by atomic mass is 10.0. The third-order valence-corrected chi connectivity index (χ3v) is 5.98. The number of methoxy groups -OCH3 is 1. The maximum Gasteiger partial charge on any atom is 0.317 e. The van der Waals surface area contributed by atoms with Gasteiger partial charge in [-0.25, -0.2) is 4.79 Å². The quantitative estimate of drug-likeness (QED) is 0.914. The molecule has 2 heterocycles. The van der Waals surface area contributed by atoms with Gasteiger partial charge in [-0.15, -0.1) is 0 Å². The lowest BCUT2D eigenvalue weighted by Gasteiger charge is -2.37. The molecule has 1 saturated carbocycles. The van der Waals surface area contributed by atoms with Crippen molar-refractivity contribution >= 4 is 6.03 Å². The predicted molar refractivity (Wildman–Crippen MR) is 98.1 cm³/mol. The molecule has 2 amide bonds. The summed E-state index contributed by atoms with van der Waals surface area (Å²) < 4.78 is 5.46. The van der Waals surface area contributed by atoms with Crippen molar-refractivity contribution in [1.82, 2.24) is 15.1 Å². The van der Waals surface area contributed by atoms with Crippen molar-refractivity contribution in [2.24, 2.45) is 0 Å². The molecule has 0 radical (unpaired) electrons. The Bertz CT molecular complexity index is 615. The van der Waals surface area contributed by atoms with E-state index in [9.17, 15) is 4.79 Å². The minimum Gasteiger partial charge on any atom is -0.496 e. The molecule has 5 heteroatoms. The third kappa shape index (κ3) is 3.61. The Morgan fingerprint density at radius 3 is 2.76 bits per heavy atom. The average molecular weight is 343 g/mol. The number of hydrogen-bond donors (Lipinski definition) is 1. The number of benzene rings is 1. The summed E-state index contributed by atoms with van der Waals surface area (Å²) in [6.45, 7) is 4.19. The Morgan fingerprint density at radius 1 is 1.16 bits per heavy atom. The number of nitrogens with zero attached hydrogens (tertiary/aromatic N) is 2. The number of para-hydroxylation sites is 1. The van der Waals surface area contributed by atoms with E-state index in [0.29, 0.717) is 12.0 Å². The van der Waals surface area contributed by atoms with Crippen molar-refractivity contribution in [2.45, 2.75) is 50.1 Å². The van der Waals surface area contributed by atoms with Crippen LogP contribution < -0.4 is 10.1 Å². The van der Waals surface area contributed by atoms with Crippen molar-refractivity contribution in [1.29, 1.82) is 0 Å². The molecule has 3 atom stereocenters. The van der Waals surface area contributed by atoms with Crippen molar-refractivity contribution < 1.29 is 9.53 Å². The molecule has 0 spiro atoms. The highest BCUT2D eigenvalue weighted by Crippen LogP contribution is 2.44. The second-order valence-electron chi connectivity index (χ2n) is 7.63. The van der Waals surface area contributed by atoms with Crippen LogP contribution in [0.3, 0.4) is 0 Å². The Hall–Kier alpha value is -1.75. The van der Waals surface area contributed by atoms with E-state index in [1.54, 1.807) is 7.11 Å². The largest absolute Gasteiger partial charge is 0.496 e. The second-order valence-corrected chi connectivity index (χ2v) is 7.63. The van der Waals surface area contributed by atoms with Crippen LogP contribution in [0.25, 0.3) is 0 Å². The van der Waals surface area contributed by atoms with E-state index in [4.69, 9.17) is 4.74 Å². The van der Waals surface area contributed by atoms with Crippen LogP contribution in [0.1, 0.15) is 43.6 Å². The van der Waals surface area contributed by atoms with Gasteiger partial charge in [0.25, 0.3) is 0 Å². The van der Waals surface area contributed by atoms with E-state index in [0.717, 1.165) is 31.7 Å². The fraction of sp³-hybridized carbons (Fsp3) is 0.650. The highest BCUT2D eigenvalue weighted by Gasteiger charge is 2.42. The van der Waals surface area contributed by atoms with Crippen LogP contribution in [-0.4, -0.2) is 61.2 Å². The van der Waals surface area contributed by atoms with Crippen LogP contribution in [-0.2, 0) is 0 Å². The van der Waals surface area contributed by atoms with Gasteiger partial charge in [0, 0.05) is 31.1 Å². The van der Waals surface area contributed by atoms with Crippen molar-refractivity contribution in [2.75, 3.05) is 33.3 Å². The topological polar surface area (TPSA) is 44.8 Å². The first kappa shape index (κ1) is 16.7. The minimum absolute atomic E-state index is 0.117. The molecule has 1 aromatic carbocycles.